The van der Waals surface area contributed by atoms with Crippen LogP contribution in [-0.4, -0.2) is 24.8 Å². The summed E-state index contributed by atoms with van der Waals surface area (Å²) < 4.78 is 10.5. The van der Waals surface area contributed by atoms with E-state index in [4.69, 9.17) is 4.74 Å². The molecule has 110 valence electrons. The summed E-state index contributed by atoms with van der Waals surface area (Å²) in [5.74, 6) is -0.312. The predicted octanol–water partition coefficient (Wildman–Crippen LogP) is 4.01. The van der Waals surface area contributed by atoms with Crippen LogP contribution in [0.3, 0.4) is 0 Å². The van der Waals surface area contributed by atoms with Gasteiger partial charge in [0.1, 0.15) is 0 Å². The van der Waals surface area contributed by atoms with Gasteiger partial charge in [-0.25, -0.2) is 4.79 Å². The molecule has 0 amide bonds. The third kappa shape index (κ3) is 6.76. The van der Waals surface area contributed by atoms with Crippen molar-refractivity contribution in [3.63, 3.8) is 0 Å². The van der Waals surface area contributed by atoms with Gasteiger partial charge in [0.05, 0.1) is 18.8 Å². The summed E-state index contributed by atoms with van der Waals surface area (Å²) in [6.07, 6.45) is 12.2. The van der Waals surface area contributed by atoms with Gasteiger partial charge in [0.25, 0.3) is 0 Å². The van der Waals surface area contributed by atoms with Crippen LogP contribution in [0.15, 0.2) is 12.2 Å². The van der Waals surface area contributed by atoms with E-state index in [9.17, 15) is 4.79 Å². The maximum atomic E-state index is 10.4. The Kier molecular flexibility index (Phi) is 7.80. The van der Waals surface area contributed by atoms with Crippen molar-refractivity contribution in [2.45, 2.75) is 77.4 Å². The highest BCUT2D eigenvalue weighted by Gasteiger charge is 2.22. The SMILES string of the molecule is C1CCC(OC2CCCC2)C1.C=C(C)C(=O)OCC. The first-order valence-corrected chi connectivity index (χ1v) is 7.61. The van der Waals surface area contributed by atoms with Crippen molar-refractivity contribution < 1.29 is 14.3 Å². The Balaban J connectivity index is 0.000000203. The van der Waals surface area contributed by atoms with Gasteiger partial charge in [-0.15, -0.1) is 0 Å². The van der Waals surface area contributed by atoms with Crippen LogP contribution in [0.25, 0.3) is 0 Å². The molecule has 3 nitrogen and oxygen atoms in total. The highest BCUT2D eigenvalue weighted by Crippen LogP contribution is 2.28. The van der Waals surface area contributed by atoms with Crippen molar-refractivity contribution in [2.24, 2.45) is 0 Å². The average Bonchev–Trinajstić information content (AvgIpc) is 3.04. The van der Waals surface area contributed by atoms with Crippen molar-refractivity contribution in [2.75, 3.05) is 6.61 Å². The van der Waals surface area contributed by atoms with Gasteiger partial charge in [-0.3, -0.25) is 0 Å². The Morgan fingerprint density at radius 2 is 1.47 bits per heavy atom. The van der Waals surface area contributed by atoms with Crippen molar-refractivity contribution >= 4 is 5.97 Å². The zero-order chi connectivity index (χ0) is 14.1. The number of ether oxygens (including phenoxy) is 2. The van der Waals surface area contributed by atoms with Gasteiger partial charge in [-0.05, 0) is 39.5 Å². The highest BCUT2D eigenvalue weighted by atomic mass is 16.5. The first-order valence-electron chi connectivity index (χ1n) is 7.61. The molecule has 19 heavy (non-hydrogen) atoms. The Labute approximate surface area is 117 Å². The Morgan fingerprint density at radius 1 is 1.05 bits per heavy atom. The Morgan fingerprint density at radius 3 is 1.74 bits per heavy atom. The number of carbonyl (C=O) groups is 1. The maximum Gasteiger partial charge on any atom is 0.333 e. The van der Waals surface area contributed by atoms with Crippen LogP contribution in [0.1, 0.15) is 65.2 Å². The van der Waals surface area contributed by atoms with E-state index in [1.807, 2.05) is 0 Å². The molecule has 0 radical (unpaired) electrons. The van der Waals surface area contributed by atoms with Crippen LogP contribution in [-0.2, 0) is 14.3 Å². The fourth-order valence-corrected chi connectivity index (χ4v) is 2.58. The summed E-state index contributed by atoms with van der Waals surface area (Å²) in [5.41, 5.74) is 0.451. The molecule has 0 aromatic heterocycles. The Hall–Kier alpha value is -0.830. The van der Waals surface area contributed by atoms with Crippen LogP contribution in [0.4, 0.5) is 0 Å². The monoisotopic (exact) mass is 268 g/mol. The average molecular weight is 268 g/mol. The second kappa shape index (κ2) is 9.13. The largest absolute Gasteiger partial charge is 0.463 e. The number of carbonyl (C=O) groups excluding carboxylic acids is 1. The number of rotatable bonds is 4. The number of hydrogen-bond acceptors (Lipinski definition) is 3. The van der Waals surface area contributed by atoms with Crippen LogP contribution in [0.5, 0.6) is 0 Å². The zero-order valence-corrected chi connectivity index (χ0v) is 12.5. The topological polar surface area (TPSA) is 35.5 Å². The van der Waals surface area contributed by atoms with E-state index >= 15 is 0 Å². The molecule has 0 spiro atoms. The van der Waals surface area contributed by atoms with Gasteiger partial charge in [0, 0.05) is 5.57 Å². The molecule has 0 heterocycles. The molecule has 0 atom stereocenters. The van der Waals surface area contributed by atoms with Crippen molar-refractivity contribution in [1.82, 2.24) is 0 Å². The van der Waals surface area contributed by atoms with E-state index in [1.54, 1.807) is 13.8 Å². The molecule has 2 rings (SSSR count). The van der Waals surface area contributed by atoms with Gasteiger partial charge < -0.3 is 9.47 Å². The van der Waals surface area contributed by atoms with Gasteiger partial charge in [0.2, 0.25) is 0 Å². The van der Waals surface area contributed by atoms with Crippen molar-refractivity contribution in [1.29, 1.82) is 0 Å². The molecule has 0 aromatic carbocycles. The normalized spacial score (nSPS) is 19.9. The molecule has 0 unspecified atom stereocenters. The summed E-state index contributed by atoms with van der Waals surface area (Å²) in [4.78, 5) is 10.4. The van der Waals surface area contributed by atoms with E-state index in [2.05, 4.69) is 11.3 Å². The fraction of sp³-hybridized carbons (Fsp3) is 0.812. The minimum atomic E-state index is -0.312. The lowest BCUT2D eigenvalue weighted by atomic mass is 10.2. The molecule has 3 heteroatoms. The van der Waals surface area contributed by atoms with Gasteiger partial charge in [-0.1, -0.05) is 32.3 Å². The number of hydrogen-bond donors (Lipinski definition) is 0. The zero-order valence-electron chi connectivity index (χ0n) is 12.5. The lowest BCUT2D eigenvalue weighted by Crippen LogP contribution is -2.16. The molecule has 0 bridgehead atoms. The lowest BCUT2D eigenvalue weighted by molar-refractivity contribution is -0.138. The molecule has 2 aliphatic carbocycles. The third-order valence-corrected chi connectivity index (χ3v) is 3.61. The van der Waals surface area contributed by atoms with Gasteiger partial charge >= 0.3 is 5.97 Å². The molecule has 0 aromatic rings. The summed E-state index contributed by atoms with van der Waals surface area (Å²) in [7, 11) is 0. The highest BCUT2D eigenvalue weighted by molar-refractivity contribution is 5.86. The van der Waals surface area contributed by atoms with Gasteiger partial charge in [-0.2, -0.15) is 0 Å². The van der Waals surface area contributed by atoms with E-state index < -0.39 is 0 Å². The van der Waals surface area contributed by atoms with E-state index in [1.165, 1.54) is 51.4 Å². The molecule has 2 saturated carbocycles. The van der Waals surface area contributed by atoms with E-state index in [0.29, 0.717) is 24.4 Å². The maximum absolute atomic E-state index is 10.4. The summed E-state index contributed by atoms with van der Waals surface area (Å²) in [6, 6.07) is 0. The predicted molar refractivity (Wildman–Crippen MR) is 77.0 cm³/mol. The molecule has 2 aliphatic rings. The summed E-state index contributed by atoms with van der Waals surface area (Å²) in [5, 5.41) is 0. The minimum absolute atomic E-state index is 0.312. The second-order valence-electron chi connectivity index (χ2n) is 5.45. The molecule has 0 N–H and O–H groups in total. The Bertz CT molecular complexity index is 260. The second-order valence-corrected chi connectivity index (χ2v) is 5.45. The molecular formula is C16H28O3. The van der Waals surface area contributed by atoms with E-state index in [-0.39, 0.29) is 5.97 Å². The quantitative estimate of drug-likeness (QED) is 0.571. The lowest BCUT2D eigenvalue weighted by Gasteiger charge is -2.16. The molecule has 0 aliphatic heterocycles. The van der Waals surface area contributed by atoms with Gasteiger partial charge in [0.15, 0.2) is 0 Å². The van der Waals surface area contributed by atoms with Crippen LogP contribution < -0.4 is 0 Å². The molecule has 2 fully saturated rings. The third-order valence-electron chi connectivity index (χ3n) is 3.61. The minimum Gasteiger partial charge on any atom is -0.463 e. The smallest absolute Gasteiger partial charge is 0.333 e. The van der Waals surface area contributed by atoms with Crippen LogP contribution in [0, 0.1) is 0 Å². The van der Waals surface area contributed by atoms with Crippen LogP contribution in [0.2, 0.25) is 0 Å². The van der Waals surface area contributed by atoms with E-state index in [0.717, 1.165) is 0 Å². The summed E-state index contributed by atoms with van der Waals surface area (Å²) >= 11 is 0. The molecular weight excluding hydrogens is 240 g/mol. The number of esters is 1. The fourth-order valence-electron chi connectivity index (χ4n) is 2.58. The summed E-state index contributed by atoms with van der Waals surface area (Å²) in [6.45, 7) is 7.21. The van der Waals surface area contributed by atoms with Crippen molar-refractivity contribution in [3.05, 3.63) is 12.2 Å². The first-order chi connectivity index (χ1) is 9.13. The standard InChI is InChI=1S/C10H18O.C6H10O2/c1-2-6-9(5-1)11-10-7-3-4-8-10;1-4-8-6(7)5(2)3/h9-10H,1-8H2;2,4H2,1,3H3. The van der Waals surface area contributed by atoms with Crippen LogP contribution >= 0.6 is 0 Å². The molecule has 0 saturated heterocycles. The van der Waals surface area contributed by atoms with Crippen molar-refractivity contribution in [3.8, 4) is 0 Å². The first kappa shape index (κ1) is 16.2.